The van der Waals surface area contributed by atoms with Crippen molar-refractivity contribution in [3.63, 3.8) is 0 Å². The second-order valence-electron chi connectivity index (χ2n) is 3.65. The van der Waals surface area contributed by atoms with Gasteiger partial charge in [-0.3, -0.25) is 9.59 Å². The number of hydrogen-bond donors (Lipinski definition) is 2. The van der Waals surface area contributed by atoms with Crippen molar-refractivity contribution < 1.29 is 9.59 Å². The molecule has 1 aromatic rings. The van der Waals surface area contributed by atoms with Crippen LogP contribution in [-0.4, -0.2) is 18.4 Å². The molecule has 17 heavy (non-hydrogen) atoms. The lowest BCUT2D eigenvalue weighted by Crippen LogP contribution is -2.23. The molecule has 0 saturated carbocycles. The molecule has 0 aromatic heterocycles. The molecule has 90 valence electrons. The number of carbonyl (C=O) groups excluding carboxylic acids is 2. The number of carbonyl (C=O) groups is 2. The number of nitrogens with two attached hydrogens (primary N) is 1. The summed E-state index contributed by atoms with van der Waals surface area (Å²) in [5.41, 5.74) is 6.61. The van der Waals surface area contributed by atoms with E-state index in [-0.39, 0.29) is 5.91 Å². The van der Waals surface area contributed by atoms with Gasteiger partial charge in [-0.25, -0.2) is 0 Å². The van der Waals surface area contributed by atoms with Crippen molar-refractivity contribution in [2.75, 3.05) is 6.54 Å². The summed E-state index contributed by atoms with van der Waals surface area (Å²) in [5.74, 6) is -0.454. The molecule has 0 aliphatic rings. The Morgan fingerprint density at radius 2 is 1.94 bits per heavy atom. The van der Waals surface area contributed by atoms with Gasteiger partial charge in [0.05, 0.1) is 0 Å². The smallest absolute Gasteiger partial charge is 0.248 e. The maximum absolute atomic E-state index is 11.3. The Bertz CT molecular complexity index is 410. The standard InChI is InChI=1S/C13H16N2O2/c1-2-9-15-12(16)8-5-10-3-6-11(7-4-10)13(14)17/h2-4,6-7H,1,5,8-9H2,(H2,14,17)(H,15,16). The van der Waals surface area contributed by atoms with E-state index in [0.29, 0.717) is 24.9 Å². The second kappa shape index (κ2) is 6.48. The highest BCUT2D eigenvalue weighted by Gasteiger charge is 2.02. The first-order chi connectivity index (χ1) is 8.13. The topological polar surface area (TPSA) is 72.2 Å². The van der Waals surface area contributed by atoms with Crippen LogP contribution in [0.2, 0.25) is 0 Å². The van der Waals surface area contributed by atoms with Gasteiger partial charge in [-0.15, -0.1) is 6.58 Å². The fourth-order valence-electron chi connectivity index (χ4n) is 1.37. The Morgan fingerprint density at radius 1 is 1.29 bits per heavy atom. The molecule has 4 heteroatoms. The molecule has 0 aliphatic heterocycles. The van der Waals surface area contributed by atoms with Crippen LogP contribution in [0.1, 0.15) is 22.3 Å². The molecule has 3 N–H and O–H groups in total. The number of amides is 2. The first-order valence-corrected chi connectivity index (χ1v) is 5.40. The number of hydrogen-bond acceptors (Lipinski definition) is 2. The van der Waals surface area contributed by atoms with E-state index in [1.165, 1.54) is 0 Å². The summed E-state index contributed by atoms with van der Waals surface area (Å²) in [6.07, 6.45) is 2.70. The zero-order valence-electron chi connectivity index (χ0n) is 9.61. The van der Waals surface area contributed by atoms with Crippen LogP contribution in [0.5, 0.6) is 0 Å². The minimum atomic E-state index is -0.444. The van der Waals surface area contributed by atoms with Crippen LogP contribution in [0.4, 0.5) is 0 Å². The summed E-state index contributed by atoms with van der Waals surface area (Å²) in [6.45, 7) is 4.00. The van der Waals surface area contributed by atoms with Gasteiger partial charge in [0.2, 0.25) is 11.8 Å². The van der Waals surface area contributed by atoms with Crippen LogP contribution in [0.3, 0.4) is 0 Å². The van der Waals surface area contributed by atoms with Crippen LogP contribution >= 0.6 is 0 Å². The molecular formula is C13H16N2O2. The van der Waals surface area contributed by atoms with Crippen LogP contribution in [0.25, 0.3) is 0 Å². The van der Waals surface area contributed by atoms with Crippen molar-refractivity contribution in [1.82, 2.24) is 5.32 Å². The molecule has 0 aliphatic carbocycles. The lowest BCUT2D eigenvalue weighted by molar-refractivity contribution is -0.120. The lowest BCUT2D eigenvalue weighted by atomic mass is 10.1. The Kier molecular flexibility index (Phi) is 4.94. The van der Waals surface area contributed by atoms with Crippen molar-refractivity contribution in [3.05, 3.63) is 48.0 Å². The Labute approximate surface area is 101 Å². The van der Waals surface area contributed by atoms with E-state index in [0.717, 1.165) is 5.56 Å². The summed E-state index contributed by atoms with van der Waals surface area (Å²) in [4.78, 5) is 22.2. The zero-order chi connectivity index (χ0) is 12.7. The maximum Gasteiger partial charge on any atom is 0.248 e. The summed E-state index contributed by atoms with van der Waals surface area (Å²) < 4.78 is 0. The average Bonchev–Trinajstić information content (AvgIpc) is 2.34. The molecule has 0 bridgehead atoms. The minimum Gasteiger partial charge on any atom is -0.366 e. The predicted molar refractivity (Wildman–Crippen MR) is 66.5 cm³/mol. The van der Waals surface area contributed by atoms with E-state index < -0.39 is 5.91 Å². The molecule has 0 radical (unpaired) electrons. The van der Waals surface area contributed by atoms with Gasteiger partial charge < -0.3 is 11.1 Å². The SMILES string of the molecule is C=CCNC(=O)CCc1ccc(C(N)=O)cc1. The zero-order valence-corrected chi connectivity index (χ0v) is 9.61. The van der Waals surface area contributed by atoms with Gasteiger partial charge in [0, 0.05) is 18.5 Å². The first-order valence-electron chi connectivity index (χ1n) is 5.40. The Morgan fingerprint density at radius 3 is 2.47 bits per heavy atom. The first kappa shape index (κ1) is 13.0. The van der Waals surface area contributed by atoms with Gasteiger partial charge in [0.15, 0.2) is 0 Å². The van der Waals surface area contributed by atoms with Crippen molar-refractivity contribution >= 4 is 11.8 Å². The molecule has 0 heterocycles. The highest BCUT2D eigenvalue weighted by atomic mass is 16.1. The predicted octanol–water partition coefficient (Wildman–Crippen LogP) is 1.02. The van der Waals surface area contributed by atoms with Gasteiger partial charge in [-0.1, -0.05) is 18.2 Å². The van der Waals surface area contributed by atoms with Gasteiger partial charge in [0.25, 0.3) is 0 Å². The second-order valence-corrected chi connectivity index (χ2v) is 3.65. The third-order valence-electron chi connectivity index (χ3n) is 2.32. The summed E-state index contributed by atoms with van der Waals surface area (Å²) in [6, 6.07) is 6.94. The molecule has 4 nitrogen and oxygen atoms in total. The van der Waals surface area contributed by atoms with Gasteiger partial charge in [-0.2, -0.15) is 0 Å². The van der Waals surface area contributed by atoms with E-state index in [9.17, 15) is 9.59 Å². The van der Waals surface area contributed by atoms with Crippen molar-refractivity contribution in [2.24, 2.45) is 5.73 Å². The molecule has 0 atom stereocenters. The fraction of sp³-hybridized carbons (Fsp3) is 0.231. The van der Waals surface area contributed by atoms with Crippen molar-refractivity contribution in [1.29, 1.82) is 0 Å². The molecule has 2 amide bonds. The van der Waals surface area contributed by atoms with E-state index >= 15 is 0 Å². The molecule has 0 unspecified atom stereocenters. The lowest BCUT2D eigenvalue weighted by Gasteiger charge is -2.03. The largest absolute Gasteiger partial charge is 0.366 e. The van der Waals surface area contributed by atoms with Crippen LogP contribution in [0, 0.1) is 0 Å². The van der Waals surface area contributed by atoms with E-state index in [2.05, 4.69) is 11.9 Å². The minimum absolute atomic E-state index is 0.0103. The van der Waals surface area contributed by atoms with Crippen molar-refractivity contribution in [2.45, 2.75) is 12.8 Å². The molecule has 1 rings (SSSR count). The quantitative estimate of drug-likeness (QED) is 0.719. The molecule has 1 aromatic carbocycles. The average molecular weight is 232 g/mol. The molecule has 0 spiro atoms. The highest BCUT2D eigenvalue weighted by Crippen LogP contribution is 2.06. The van der Waals surface area contributed by atoms with Gasteiger partial charge >= 0.3 is 0 Å². The molecular weight excluding hydrogens is 216 g/mol. The summed E-state index contributed by atoms with van der Waals surface area (Å²) in [7, 11) is 0. The Hall–Kier alpha value is -2.10. The number of primary amides is 1. The van der Waals surface area contributed by atoms with Gasteiger partial charge in [-0.05, 0) is 24.1 Å². The van der Waals surface area contributed by atoms with Gasteiger partial charge in [0.1, 0.15) is 0 Å². The fourth-order valence-corrected chi connectivity index (χ4v) is 1.37. The van der Waals surface area contributed by atoms with Crippen LogP contribution < -0.4 is 11.1 Å². The van der Waals surface area contributed by atoms with Crippen molar-refractivity contribution in [3.8, 4) is 0 Å². The Balaban J connectivity index is 2.44. The van der Waals surface area contributed by atoms with E-state index in [4.69, 9.17) is 5.73 Å². The number of nitrogens with one attached hydrogen (secondary N) is 1. The van der Waals surface area contributed by atoms with Crippen LogP contribution in [0.15, 0.2) is 36.9 Å². The number of aryl methyl sites for hydroxylation is 1. The maximum atomic E-state index is 11.3. The van der Waals surface area contributed by atoms with Crippen LogP contribution in [-0.2, 0) is 11.2 Å². The molecule has 0 saturated heterocycles. The number of rotatable bonds is 6. The third kappa shape index (κ3) is 4.51. The summed E-state index contributed by atoms with van der Waals surface area (Å²) >= 11 is 0. The number of benzene rings is 1. The van der Waals surface area contributed by atoms with E-state index in [1.807, 2.05) is 0 Å². The van der Waals surface area contributed by atoms with E-state index in [1.54, 1.807) is 30.3 Å². The monoisotopic (exact) mass is 232 g/mol. The summed E-state index contributed by atoms with van der Waals surface area (Å²) in [5, 5.41) is 2.70. The normalized spacial score (nSPS) is 9.65. The molecule has 0 fully saturated rings. The highest BCUT2D eigenvalue weighted by molar-refractivity contribution is 5.92. The third-order valence-corrected chi connectivity index (χ3v) is 2.32.